The SMILES string of the molecule is C[C@H]1CN(CCCC(=O)N2CCc3c(cccc3C(F)(F)F)C2)C(=O)CO1. The van der Waals surface area contributed by atoms with Gasteiger partial charge in [0.25, 0.3) is 0 Å². The van der Waals surface area contributed by atoms with Crippen molar-refractivity contribution in [1.29, 1.82) is 0 Å². The lowest BCUT2D eigenvalue weighted by atomic mass is 9.94. The van der Waals surface area contributed by atoms with Gasteiger partial charge in [-0.25, -0.2) is 0 Å². The predicted octanol–water partition coefficient (Wildman–Crippen LogP) is 2.62. The van der Waals surface area contributed by atoms with E-state index in [0.29, 0.717) is 30.6 Å². The number of morpholine rings is 1. The van der Waals surface area contributed by atoms with Crippen molar-refractivity contribution in [3.05, 3.63) is 34.9 Å². The van der Waals surface area contributed by atoms with Crippen LogP contribution in [0.15, 0.2) is 18.2 Å². The van der Waals surface area contributed by atoms with E-state index < -0.39 is 11.7 Å². The van der Waals surface area contributed by atoms with Crippen LogP contribution in [0.25, 0.3) is 0 Å². The Morgan fingerprint density at radius 3 is 2.85 bits per heavy atom. The van der Waals surface area contributed by atoms with Gasteiger partial charge in [-0.2, -0.15) is 13.2 Å². The van der Waals surface area contributed by atoms with Crippen molar-refractivity contribution < 1.29 is 27.5 Å². The van der Waals surface area contributed by atoms with Crippen LogP contribution in [-0.2, 0) is 33.5 Å². The molecule has 1 atom stereocenters. The Morgan fingerprint density at radius 2 is 2.11 bits per heavy atom. The molecule has 2 aliphatic heterocycles. The topological polar surface area (TPSA) is 49.9 Å². The fraction of sp³-hybridized carbons (Fsp3) is 0.579. The Balaban J connectivity index is 1.55. The minimum Gasteiger partial charge on any atom is -0.367 e. The predicted molar refractivity (Wildman–Crippen MR) is 91.8 cm³/mol. The van der Waals surface area contributed by atoms with Crippen LogP contribution in [0.1, 0.15) is 36.5 Å². The molecule has 0 unspecified atom stereocenters. The van der Waals surface area contributed by atoms with E-state index in [2.05, 4.69) is 0 Å². The molecule has 0 aliphatic carbocycles. The summed E-state index contributed by atoms with van der Waals surface area (Å²) < 4.78 is 44.6. The van der Waals surface area contributed by atoms with Crippen molar-refractivity contribution in [1.82, 2.24) is 9.80 Å². The summed E-state index contributed by atoms with van der Waals surface area (Å²) >= 11 is 0. The maximum Gasteiger partial charge on any atom is 0.416 e. The average molecular weight is 384 g/mol. The summed E-state index contributed by atoms with van der Waals surface area (Å²) in [5.74, 6) is -0.168. The zero-order valence-electron chi connectivity index (χ0n) is 15.2. The molecule has 0 saturated carbocycles. The van der Waals surface area contributed by atoms with Gasteiger partial charge in [0.15, 0.2) is 0 Å². The minimum absolute atomic E-state index is 0.0140. The molecule has 8 heteroatoms. The van der Waals surface area contributed by atoms with Gasteiger partial charge in [-0.1, -0.05) is 12.1 Å². The number of benzene rings is 1. The number of halogens is 3. The van der Waals surface area contributed by atoms with Gasteiger partial charge in [-0.15, -0.1) is 0 Å². The first-order valence-corrected chi connectivity index (χ1v) is 9.11. The van der Waals surface area contributed by atoms with Crippen molar-refractivity contribution in [2.45, 2.75) is 45.0 Å². The highest BCUT2D eigenvalue weighted by atomic mass is 19.4. The zero-order valence-corrected chi connectivity index (χ0v) is 15.2. The lowest BCUT2D eigenvalue weighted by Crippen LogP contribution is -2.46. The lowest BCUT2D eigenvalue weighted by molar-refractivity contribution is -0.148. The molecule has 1 aromatic rings. The van der Waals surface area contributed by atoms with E-state index >= 15 is 0 Å². The molecule has 1 fully saturated rings. The molecule has 0 N–H and O–H groups in total. The van der Waals surface area contributed by atoms with Crippen LogP contribution in [0.5, 0.6) is 0 Å². The molecule has 1 saturated heterocycles. The molecule has 5 nitrogen and oxygen atoms in total. The highest BCUT2D eigenvalue weighted by molar-refractivity contribution is 5.78. The second-order valence-corrected chi connectivity index (χ2v) is 7.07. The molecule has 2 amide bonds. The van der Waals surface area contributed by atoms with Crippen molar-refractivity contribution in [3.8, 4) is 0 Å². The van der Waals surface area contributed by atoms with Gasteiger partial charge in [0.05, 0.1) is 11.7 Å². The highest BCUT2D eigenvalue weighted by Crippen LogP contribution is 2.35. The van der Waals surface area contributed by atoms with E-state index in [1.165, 1.54) is 6.07 Å². The Labute approximate surface area is 156 Å². The number of hydrogen-bond donors (Lipinski definition) is 0. The summed E-state index contributed by atoms with van der Waals surface area (Å²) in [6.45, 7) is 3.45. The number of carbonyl (C=O) groups excluding carboxylic acids is 2. The molecule has 2 aliphatic rings. The number of amides is 2. The molecule has 3 rings (SSSR count). The smallest absolute Gasteiger partial charge is 0.367 e. The van der Waals surface area contributed by atoms with E-state index in [1.807, 2.05) is 6.92 Å². The number of hydrogen-bond acceptors (Lipinski definition) is 3. The van der Waals surface area contributed by atoms with Gasteiger partial charge < -0.3 is 14.5 Å². The molecule has 0 radical (unpaired) electrons. The molecule has 0 bridgehead atoms. The normalized spacial score (nSPS) is 20.6. The Hall–Kier alpha value is -2.09. The van der Waals surface area contributed by atoms with E-state index in [0.717, 1.165) is 6.07 Å². The van der Waals surface area contributed by atoms with E-state index in [1.54, 1.807) is 15.9 Å². The molecular formula is C19H23F3N2O3. The van der Waals surface area contributed by atoms with Crippen LogP contribution in [0.3, 0.4) is 0 Å². The molecule has 0 aromatic heterocycles. The molecular weight excluding hydrogens is 361 g/mol. The minimum atomic E-state index is -4.38. The first-order chi connectivity index (χ1) is 12.8. The van der Waals surface area contributed by atoms with Gasteiger partial charge in [-0.3, -0.25) is 9.59 Å². The summed E-state index contributed by atoms with van der Waals surface area (Å²) in [6, 6.07) is 4.13. The summed E-state index contributed by atoms with van der Waals surface area (Å²) in [4.78, 5) is 27.5. The maximum absolute atomic E-state index is 13.1. The first kappa shape index (κ1) is 19.7. The van der Waals surface area contributed by atoms with Crippen LogP contribution in [-0.4, -0.2) is 54.0 Å². The Morgan fingerprint density at radius 1 is 1.33 bits per heavy atom. The summed E-state index contributed by atoms with van der Waals surface area (Å²) in [7, 11) is 0. The third-order valence-corrected chi connectivity index (χ3v) is 5.06. The molecule has 0 spiro atoms. The Bertz CT molecular complexity index is 721. The van der Waals surface area contributed by atoms with Crippen molar-refractivity contribution in [3.63, 3.8) is 0 Å². The van der Waals surface area contributed by atoms with Crippen molar-refractivity contribution >= 4 is 11.8 Å². The van der Waals surface area contributed by atoms with Crippen LogP contribution in [0.2, 0.25) is 0 Å². The van der Waals surface area contributed by atoms with Crippen LogP contribution in [0.4, 0.5) is 13.2 Å². The number of fused-ring (bicyclic) bond motifs is 1. The second-order valence-electron chi connectivity index (χ2n) is 7.07. The van der Waals surface area contributed by atoms with Crippen molar-refractivity contribution in [2.24, 2.45) is 0 Å². The third-order valence-electron chi connectivity index (χ3n) is 5.06. The first-order valence-electron chi connectivity index (χ1n) is 9.11. The number of carbonyl (C=O) groups is 2. The van der Waals surface area contributed by atoms with Crippen LogP contribution < -0.4 is 0 Å². The van der Waals surface area contributed by atoms with E-state index in [4.69, 9.17) is 4.74 Å². The monoisotopic (exact) mass is 384 g/mol. The molecule has 2 heterocycles. The maximum atomic E-state index is 13.1. The third kappa shape index (κ3) is 4.61. The van der Waals surface area contributed by atoms with Gasteiger partial charge in [0.2, 0.25) is 11.8 Å². The fourth-order valence-corrected chi connectivity index (χ4v) is 3.65. The molecule has 27 heavy (non-hydrogen) atoms. The summed E-state index contributed by atoms with van der Waals surface area (Å²) in [5, 5.41) is 0. The molecule has 148 valence electrons. The fourth-order valence-electron chi connectivity index (χ4n) is 3.65. The largest absolute Gasteiger partial charge is 0.416 e. The summed E-state index contributed by atoms with van der Waals surface area (Å²) in [5.41, 5.74) is 0.246. The van der Waals surface area contributed by atoms with Gasteiger partial charge in [0, 0.05) is 32.6 Å². The standard InChI is InChI=1S/C19H23F3N2O3/c1-13-10-23(18(26)12-27-13)8-3-6-17(25)24-9-7-15-14(11-24)4-2-5-16(15)19(20,21)22/h2,4-5,13H,3,6-12H2,1H3/t13-/m0/s1. The van der Waals surface area contributed by atoms with Gasteiger partial charge >= 0.3 is 6.18 Å². The number of nitrogens with zero attached hydrogens (tertiary/aromatic N) is 2. The van der Waals surface area contributed by atoms with Crippen molar-refractivity contribution in [2.75, 3.05) is 26.2 Å². The zero-order chi connectivity index (χ0) is 19.6. The molecule has 1 aromatic carbocycles. The summed E-state index contributed by atoms with van der Waals surface area (Å²) in [6.07, 6.45) is -3.38. The van der Waals surface area contributed by atoms with Crippen LogP contribution >= 0.6 is 0 Å². The van der Waals surface area contributed by atoms with Gasteiger partial charge in [-0.05, 0) is 37.0 Å². The number of alkyl halides is 3. The van der Waals surface area contributed by atoms with E-state index in [9.17, 15) is 22.8 Å². The lowest BCUT2D eigenvalue weighted by Gasteiger charge is -2.32. The number of ether oxygens (including phenoxy) is 1. The van der Waals surface area contributed by atoms with Gasteiger partial charge in [0.1, 0.15) is 6.61 Å². The Kier molecular flexibility index (Phi) is 5.74. The second kappa shape index (κ2) is 7.88. The number of rotatable bonds is 4. The quantitative estimate of drug-likeness (QED) is 0.802. The van der Waals surface area contributed by atoms with Crippen LogP contribution in [0, 0.1) is 0 Å². The highest BCUT2D eigenvalue weighted by Gasteiger charge is 2.35. The average Bonchev–Trinajstić information content (AvgIpc) is 2.62. The van der Waals surface area contributed by atoms with E-state index in [-0.39, 0.29) is 50.5 Å².